The number of hydrogen-bond acceptors (Lipinski definition) is 4. The van der Waals surface area contributed by atoms with E-state index in [1.807, 2.05) is 18.9 Å². The highest BCUT2D eigenvalue weighted by molar-refractivity contribution is 5.58. The quantitative estimate of drug-likeness (QED) is 0.712. The minimum atomic E-state index is -0.276. The van der Waals surface area contributed by atoms with E-state index < -0.39 is 0 Å². The van der Waals surface area contributed by atoms with E-state index in [-0.39, 0.29) is 11.5 Å². The van der Waals surface area contributed by atoms with Gasteiger partial charge < -0.3 is 14.6 Å². The first-order valence-corrected chi connectivity index (χ1v) is 9.21. The van der Waals surface area contributed by atoms with E-state index in [9.17, 15) is 9.59 Å². The molecule has 1 saturated heterocycles. The van der Waals surface area contributed by atoms with Crippen LogP contribution in [0.15, 0.2) is 6.07 Å². The lowest BCUT2D eigenvalue weighted by Gasteiger charge is -2.58. The molecule has 6 nitrogen and oxygen atoms in total. The van der Waals surface area contributed by atoms with Crippen molar-refractivity contribution in [3.05, 3.63) is 11.8 Å². The number of anilines is 1. The van der Waals surface area contributed by atoms with Crippen LogP contribution < -0.4 is 4.90 Å². The van der Waals surface area contributed by atoms with Crippen molar-refractivity contribution in [1.82, 2.24) is 14.7 Å². The smallest absolute Gasteiger partial charge is 0.209 e. The molecule has 138 valence electrons. The molecular formula is C19H30N4O2. The molecular weight excluding hydrogens is 316 g/mol. The molecule has 1 atom stereocenters. The maximum absolute atomic E-state index is 11.4. The van der Waals surface area contributed by atoms with Crippen LogP contribution in [-0.4, -0.2) is 53.1 Å². The average Bonchev–Trinajstić information content (AvgIpc) is 2.86. The van der Waals surface area contributed by atoms with Crippen molar-refractivity contribution in [2.45, 2.75) is 58.5 Å². The molecule has 0 bridgehead atoms. The van der Waals surface area contributed by atoms with E-state index >= 15 is 0 Å². The van der Waals surface area contributed by atoms with Crippen molar-refractivity contribution >= 4 is 18.5 Å². The number of likely N-dealkylation sites (tertiary alicyclic amines) is 1. The number of aromatic nitrogens is 2. The Hall–Kier alpha value is -1.85. The molecule has 2 heterocycles. The van der Waals surface area contributed by atoms with Crippen LogP contribution in [0.4, 0.5) is 5.82 Å². The Bertz CT molecular complexity index is 652. The molecule has 0 N–H and O–H groups in total. The van der Waals surface area contributed by atoms with Crippen LogP contribution in [-0.2, 0) is 9.59 Å². The topological polar surface area (TPSA) is 58.4 Å². The fraction of sp³-hybridized carbons (Fsp3) is 0.737. The molecule has 1 saturated carbocycles. The van der Waals surface area contributed by atoms with Gasteiger partial charge in [0.1, 0.15) is 6.29 Å². The van der Waals surface area contributed by atoms with Crippen molar-refractivity contribution in [1.29, 1.82) is 0 Å². The molecule has 6 heteroatoms. The maximum atomic E-state index is 11.4. The standard InChI is InChI=1S/C19H30N4O2/c1-6-15(10-24)18(3,4)21(5)17-7-14(2)23(20-17)16-8-19(9-16)11-22(12-19)13-25/h7,10,13,15-16H,6,8-9,11-12H2,1-5H3. The minimum Gasteiger partial charge on any atom is -0.352 e. The van der Waals surface area contributed by atoms with Crippen LogP contribution in [0.2, 0.25) is 0 Å². The highest BCUT2D eigenvalue weighted by atomic mass is 16.1. The zero-order chi connectivity index (χ0) is 18.4. The van der Waals surface area contributed by atoms with E-state index in [0.29, 0.717) is 11.5 Å². The maximum Gasteiger partial charge on any atom is 0.209 e. The van der Waals surface area contributed by atoms with Gasteiger partial charge in [-0.1, -0.05) is 6.92 Å². The second kappa shape index (κ2) is 6.15. The van der Waals surface area contributed by atoms with Crippen LogP contribution in [0.1, 0.15) is 51.8 Å². The van der Waals surface area contributed by atoms with Crippen LogP contribution in [0.3, 0.4) is 0 Å². The molecule has 2 aliphatic rings. The number of carbonyl (C=O) groups is 2. The fourth-order valence-corrected chi connectivity index (χ4v) is 4.57. The number of hydrogen-bond donors (Lipinski definition) is 0. The number of carbonyl (C=O) groups excluding carboxylic acids is 2. The Balaban J connectivity index is 1.71. The van der Waals surface area contributed by atoms with Gasteiger partial charge in [-0.3, -0.25) is 9.48 Å². The lowest BCUT2D eigenvalue weighted by molar-refractivity contribution is -0.140. The Morgan fingerprint density at radius 1 is 1.40 bits per heavy atom. The van der Waals surface area contributed by atoms with Crippen LogP contribution in [0, 0.1) is 18.3 Å². The van der Waals surface area contributed by atoms with Crippen molar-refractivity contribution in [3.8, 4) is 0 Å². The molecule has 0 radical (unpaired) electrons. The van der Waals surface area contributed by atoms with E-state index in [4.69, 9.17) is 5.10 Å². The van der Waals surface area contributed by atoms with Crippen molar-refractivity contribution in [2.24, 2.45) is 11.3 Å². The molecule has 3 rings (SSSR count). The second-order valence-electron chi connectivity index (χ2n) is 8.52. The summed E-state index contributed by atoms with van der Waals surface area (Å²) in [6, 6.07) is 2.54. The van der Waals surface area contributed by atoms with E-state index in [1.54, 1.807) is 0 Å². The molecule has 25 heavy (non-hydrogen) atoms. The highest BCUT2D eigenvalue weighted by Gasteiger charge is 2.53. The van der Waals surface area contributed by atoms with Gasteiger partial charge in [0.2, 0.25) is 6.41 Å². The van der Waals surface area contributed by atoms with E-state index in [1.165, 1.54) is 0 Å². The van der Waals surface area contributed by atoms with Gasteiger partial charge in [0.15, 0.2) is 5.82 Å². The number of amides is 1. The van der Waals surface area contributed by atoms with Crippen LogP contribution >= 0.6 is 0 Å². The first kappa shape index (κ1) is 18.0. The summed E-state index contributed by atoms with van der Waals surface area (Å²) in [5, 5.41) is 4.86. The Morgan fingerprint density at radius 2 is 2.04 bits per heavy atom. The van der Waals surface area contributed by atoms with Gasteiger partial charge in [-0.15, -0.1) is 0 Å². The first-order valence-electron chi connectivity index (χ1n) is 9.21. The van der Waals surface area contributed by atoms with Crippen LogP contribution in [0.25, 0.3) is 0 Å². The van der Waals surface area contributed by atoms with E-state index in [2.05, 4.69) is 36.4 Å². The lowest BCUT2D eigenvalue weighted by atomic mass is 9.61. The molecule has 0 aromatic carbocycles. The van der Waals surface area contributed by atoms with Gasteiger partial charge in [-0.25, -0.2) is 0 Å². The summed E-state index contributed by atoms with van der Waals surface area (Å²) in [6.45, 7) is 10.1. The zero-order valence-corrected chi connectivity index (χ0v) is 16.0. The largest absolute Gasteiger partial charge is 0.352 e. The van der Waals surface area contributed by atoms with E-state index in [0.717, 1.165) is 56.6 Å². The summed E-state index contributed by atoms with van der Waals surface area (Å²) in [6.07, 6.45) is 5.02. The normalized spacial score (nSPS) is 20.8. The SMILES string of the molecule is CCC(C=O)C(C)(C)N(C)c1cc(C)n(C2CC3(C2)CN(C=O)C3)n1. The minimum absolute atomic E-state index is 0.0285. The highest BCUT2D eigenvalue weighted by Crippen LogP contribution is 2.54. The summed E-state index contributed by atoms with van der Waals surface area (Å²) in [5.74, 6) is 0.895. The van der Waals surface area contributed by atoms with Gasteiger partial charge in [-0.2, -0.15) is 5.10 Å². The van der Waals surface area contributed by atoms with Crippen molar-refractivity contribution in [3.63, 3.8) is 0 Å². The molecule has 1 spiro atoms. The third-order valence-electron chi connectivity index (χ3n) is 6.54. The summed E-state index contributed by atoms with van der Waals surface area (Å²) in [5.41, 5.74) is 1.21. The van der Waals surface area contributed by atoms with Crippen molar-refractivity contribution in [2.75, 3.05) is 25.0 Å². The van der Waals surface area contributed by atoms with Gasteiger partial charge in [0.05, 0.1) is 6.04 Å². The summed E-state index contributed by atoms with van der Waals surface area (Å²) < 4.78 is 2.14. The number of nitrogens with zero attached hydrogens (tertiary/aromatic N) is 4. The Morgan fingerprint density at radius 3 is 2.56 bits per heavy atom. The molecule has 1 amide bonds. The third kappa shape index (κ3) is 2.85. The molecule has 1 aliphatic carbocycles. The average molecular weight is 346 g/mol. The summed E-state index contributed by atoms with van der Waals surface area (Å²) in [7, 11) is 2.02. The number of rotatable bonds is 7. The molecule has 1 aromatic heterocycles. The number of aryl methyl sites for hydroxylation is 1. The summed E-state index contributed by atoms with van der Waals surface area (Å²) in [4.78, 5) is 26.2. The third-order valence-corrected chi connectivity index (χ3v) is 6.54. The predicted octanol–water partition coefficient (Wildman–Crippen LogP) is 2.42. The molecule has 1 aromatic rings. The Kier molecular flexibility index (Phi) is 4.41. The van der Waals surface area contributed by atoms with Gasteiger partial charge in [-0.05, 0) is 40.0 Å². The molecule has 1 unspecified atom stereocenters. The Labute approximate surface area is 150 Å². The number of aldehydes is 1. The van der Waals surface area contributed by atoms with Crippen molar-refractivity contribution < 1.29 is 9.59 Å². The summed E-state index contributed by atoms with van der Waals surface area (Å²) >= 11 is 0. The van der Waals surface area contributed by atoms with Crippen LogP contribution in [0.5, 0.6) is 0 Å². The van der Waals surface area contributed by atoms with Gasteiger partial charge in [0, 0.05) is 48.8 Å². The predicted molar refractivity (Wildman–Crippen MR) is 97.6 cm³/mol. The first-order chi connectivity index (χ1) is 11.8. The zero-order valence-electron chi connectivity index (χ0n) is 16.0. The molecule has 2 fully saturated rings. The monoisotopic (exact) mass is 346 g/mol. The fourth-order valence-electron chi connectivity index (χ4n) is 4.57. The van der Waals surface area contributed by atoms with Gasteiger partial charge >= 0.3 is 0 Å². The second-order valence-corrected chi connectivity index (χ2v) is 8.52. The van der Waals surface area contributed by atoms with Gasteiger partial charge in [0.25, 0.3) is 0 Å². The lowest BCUT2D eigenvalue weighted by Crippen LogP contribution is -2.61. The molecule has 1 aliphatic heterocycles.